The maximum atomic E-state index is 13.7. The van der Waals surface area contributed by atoms with Crippen LogP contribution in [0.15, 0.2) is 52.3 Å². The molecule has 142 valence electrons. The summed E-state index contributed by atoms with van der Waals surface area (Å²) in [5, 5.41) is 0. The minimum absolute atomic E-state index is 0.0782. The van der Waals surface area contributed by atoms with Crippen molar-refractivity contribution in [3.8, 4) is 0 Å². The second kappa shape index (κ2) is 6.93. The minimum atomic E-state index is -4.37. The second-order valence-corrected chi connectivity index (χ2v) is 9.90. The van der Waals surface area contributed by atoms with Crippen LogP contribution in [0.25, 0.3) is 0 Å². The molecule has 0 aliphatic carbocycles. The zero-order chi connectivity index (χ0) is 19.8. The van der Waals surface area contributed by atoms with Crippen molar-refractivity contribution in [1.82, 2.24) is 4.72 Å². The number of benzene rings is 2. The Labute approximate surface area is 151 Å². The zero-order valence-corrected chi connectivity index (χ0v) is 15.9. The van der Waals surface area contributed by atoms with E-state index < -0.39 is 42.1 Å². The lowest BCUT2D eigenvalue weighted by atomic mass is 10.1. The van der Waals surface area contributed by atoms with Gasteiger partial charge in [-0.05, 0) is 51.1 Å². The summed E-state index contributed by atoms with van der Waals surface area (Å²) in [4.78, 5) is -0.910. The number of hydrogen-bond acceptors (Lipinski definition) is 4. The van der Waals surface area contributed by atoms with Gasteiger partial charge in [0, 0.05) is 11.6 Å². The van der Waals surface area contributed by atoms with Gasteiger partial charge in [-0.1, -0.05) is 6.07 Å². The van der Waals surface area contributed by atoms with Gasteiger partial charge < -0.3 is 0 Å². The van der Waals surface area contributed by atoms with E-state index in [1.807, 2.05) is 0 Å². The number of rotatable bonds is 5. The van der Waals surface area contributed by atoms with Crippen LogP contribution in [0.1, 0.15) is 20.8 Å². The van der Waals surface area contributed by atoms with E-state index in [0.717, 1.165) is 18.2 Å². The lowest BCUT2D eigenvalue weighted by Crippen LogP contribution is -2.40. The Morgan fingerprint density at radius 2 is 1.54 bits per heavy atom. The van der Waals surface area contributed by atoms with Crippen LogP contribution >= 0.6 is 0 Å². The van der Waals surface area contributed by atoms with E-state index in [9.17, 15) is 25.6 Å². The Balaban J connectivity index is 2.36. The monoisotopic (exact) mass is 404 g/mol. The predicted molar refractivity (Wildman–Crippen MR) is 93.7 cm³/mol. The van der Waals surface area contributed by atoms with Crippen LogP contribution in [0.5, 0.6) is 0 Å². The molecular weight excluding hydrogens is 386 g/mol. The van der Waals surface area contributed by atoms with E-state index in [1.54, 1.807) is 20.8 Å². The highest BCUT2D eigenvalue weighted by Crippen LogP contribution is 2.22. The van der Waals surface area contributed by atoms with Gasteiger partial charge in [-0.3, -0.25) is 4.72 Å². The summed E-state index contributed by atoms with van der Waals surface area (Å²) in [6, 6.07) is 7.10. The third-order valence-electron chi connectivity index (χ3n) is 3.02. The Morgan fingerprint density at radius 3 is 2.12 bits per heavy atom. The quantitative estimate of drug-likeness (QED) is 0.802. The molecule has 2 aromatic rings. The summed E-state index contributed by atoms with van der Waals surface area (Å²) in [7, 11) is -8.25. The first-order chi connectivity index (χ1) is 11.8. The molecule has 26 heavy (non-hydrogen) atoms. The number of halogens is 2. The van der Waals surface area contributed by atoms with Crippen LogP contribution in [-0.2, 0) is 20.0 Å². The minimum Gasteiger partial charge on any atom is -0.279 e. The van der Waals surface area contributed by atoms with Gasteiger partial charge >= 0.3 is 0 Å². The lowest BCUT2D eigenvalue weighted by molar-refractivity contribution is 0.491. The Bertz CT molecular complexity index is 1030. The fraction of sp³-hybridized carbons (Fsp3) is 0.250. The number of nitrogens with one attached hydrogen (secondary N) is 2. The van der Waals surface area contributed by atoms with Gasteiger partial charge in [0.05, 0.1) is 10.6 Å². The Hall–Kier alpha value is -2.04. The van der Waals surface area contributed by atoms with Crippen molar-refractivity contribution in [3.05, 3.63) is 54.1 Å². The van der Waals surface area contributed by atoms with Crippen LogP contribution < -0.4 is 9.44 Å². The molecule has 0 heterocycles. The second-order valence-electron chi connectivity index (χ2n) is 6.56. The topological polar surface area (TPSA) is 92.3 Å². The van der Waals surface area contributed by atoms with Gasteiger partial charge in [-0.25, -0.2) is 30.3 Å². The van der Waals surface area contributed by atoms with Gasteiger partial charge in [0.15, 0.2) is 0 Å². The van der Waals surface area contributed by atoms with Crippen LogP contribution in [0.3, 0.4) is 0 Å². The van der Waals surface area contributed by atoms with E-state index in [1.165, 1.54) is 18.2 Å². The molecule has 6 nitrogen and oxygen atoms in total. The van der Waals surface area contributed by atoms with Crippen LogP contribution in [0.4, 0.5) is 14.5 Å². The molecule has 2 N–H and O–H groups in total. The average Bonchev–Trinajstić information content (AvgIpc) is 2.44. The summed E-state index contributed by atoms with van der Waals surface area (Å²) >= 11 is 0. The van der Waals surface area contributed by atoms with Crippen LogP contribution in [0, 0.1) is 11.6 Å². The third-order valence-corrected chi connectivity index (χ3v) is 6.19. The Kier molecular flexibility index (Phi) is 5.41. The number of sulfonamides is 2. The first-order valence-electron chi connectivity index (χ1n) is 7.42. The highest BCUT2D eigenvalue weighted by atomic mass is 32.2. The molecule has 0 saturated carbocycles. The lowest BCUT2D eigenvalue weighted by Gasteiger charge is -2.20. The van der Waals surface area contributed by atoms with Crippen LogP contribution in [-0.4, -0.2) is 22.4 Å². The number of anilines is 1. The van der Waals surface area contributed by atoms with Gasteiger partial charge in [0.25, 0.3) is 10.0 Å². The van der Waals surface area contributed by atoms with E-state index in [-0.39, 0.29) is 10.6 Å². The normalized spacial score (nSPS) is 12.8. The molecule has 0 saturated heterocycles. The molecule has 0 spiro atoms. The van der Waals surface area contributed by atoms with Gasteiger partial charge in [-0.2, -0.15) is 0 Å². The molecule has 0 aliphatic heterocycles. The van der Waals surface area contributed by atoms with Crippen molar-refractivity contribution >= 4 is 25.7 Å². The molecule has 0 atom stereocenters. The molecule has 10 heteroatoms. The smallest absolute Gasteiger partial charge is 0.264 e. The van der Waals surface area contributed by atoms with Crippen molar-refractivity contribution in [3.63, 3.8) is 0 Å². The van der Waals surface area contributed by atoms with E-state index in [4.69, 9.17) is 0 Å². The van der Waals surface area contributed by atoms with Gasteiger partial charge in [0.1, 0.15) is 16.5 Å². The fourth-order valence-corrected chi connectivity index (χ4v) is 4.67. The standard InChI is InChI=1S/C16H18F2N2O4S2/c1-16(2,3)20-25(21,22)13-6-4-5-12(10-13)19-26(23,24)15-8-7-11(17)9-14(15)18/h4-10,19-20H,1-3H3. The molecule has 0 unspecified atom stereocenters. The fourth-order valence-electron chi connectivity index (χ4n) is 2.09. The van der Waals surface area contributed by atoms with E-state index >= 15 is 0 Å². The van der Waals surface area contributed by atoms with Crippen molar-refractivity contribution < 1.29 is 25.6 Å². The van der Waals surface area contributed by atoms with Crippen molar-refractivity contribution in [2.45, 2.75) is 36.1 Å². The van der Waals surface area contributed by atoms with Crippen molar-refractivity contribution in [1.29, 1.82) is 0 Å². The highest BCUT2D eigenvalue weighted by molar-refractivity contribution is 7.92. The van der Waals surface area contributed by atoms with E-state index in [0.29, 0.717) is 6.07 Å². The van der Waals surface area contributed by atoms with Gasteiger partial charge in [0.2, 0.25) is 10.0 Å². The predicted octanol–water partition coefficient (Wildman–Crippen LogP) is 2.84. The summed E-state index contributed by atoms with van der Waals surface area (Å²) < 4.78 is 80.5. The van der Waals surface area contributed by atoms with Gasteiger partial charge in [-0.15, -0.1) is 0 Å². The molecule has 0 radical (unpaired) electrons. The first-order valence-corrected chi connectivity index (χ1v) is 10.4. The maximum Gasteiger partial charge on any atom is 0.264 e. The van der Waals surface area contributed by atoms with E-state index in [2.05, 4.69) is 9.44 Å². The van der Waals surface area contributed by atoms with Crippen molar-refractivity contribution in [2.75, 3.05) is 4.72 Å². The zero-order valence-electron chi connectivity index (χ0n) is 14.2. The molecule has 2 rings (SSSR count). The largest absolute Gasteiger partial charge is 0.279 e. The molecule has 0 aromatic heterocycles. The number of hydrogen-bond donors (Lipinski definition) is 2. The third kappa shape index (κ3) is 4.99. The molecule has 0 amide bonds. The first kappa shape index (κ1) is 20.3. The maximum absolute atomic E-state index is 13.7. The molecule has 2 aromatic carbocycles. The molecule has 0 bridgehead atoms. The molecule has 0 aliphatic rings. The van der Waals surface area contributed by atoms with Crippen molar-refractivity contribution in [2.24, 2.45) is 0 Å². The molecule has 0 fully saturated rings. The highest BCUT2D eigenvalue weighted by Gasteiger charge is 2.24. The summed E-state index contributed by atoms with van der Waals surface area (Å²) in [5.41, 5.74) is -0.809. The summed E-state index contributed by atoms with van der Waals surface area (Å²) in [5.74, 6) is -2.17. The summed E-state index contributed by atoms with van der Waals surface area (Å²) in [6.07, 6.45) is 0. The van der Waals surface area contributed by atoms with Crippen LogP contribution in [0.2, 0.25) is 0 Å². The Morgan fingerprint density at radius 1 is 0.885 bits per heavy atom. The average molecular weight is 404 g/mol. The SMILES string of the molecule is CC(C)(C)NS(=O)(=O)c1cccc(NS(=O)(=O)c2ccc(F)cc2F)c1. The molecular formula is C16H18F2N2O4S2. The summed E-state index contributed by atoms with van der Waals surface area (Å²) in [6.45, 7) is 4.98.